The van der Waals surface area contributed by atoms with E-state index < -0.39 is 24.2 Å². The van der Waals surface area contributed by atoms with E-state index in [2.05, 4.69) is 15.8 Å². The van der Waals surface area contributed by atoms with Crippen molar-refractivity contribution in [3.8, 4) is 11.3 Å². The zero-order valence-corrected chi connectivity index (χ0v) is 20.3. The van der Waals surface area contributed by atoms with Crippen LogP contribution in [0.5, 0.6) is 0 Å². The number of hydrogen-bond acceptors (Lipinski definition) is 6. The minimum absolute atomic E-state index is 0.404. The van der Waals surface area contributed by atoms with Crippen LogP contribution in [-0.4, -0.2) is 28.4 Å². The van der Waals surface area contributed by atoms with Crippen LogP contribution in [0.2, 0.25) is 5.02 Å². The number of amides is 1. The van der Waals surface area contributed by atoms with Gasteiger partial charge in [-0.3, -0.25) is 10.1 Å². The Bertz CT molecular complexity index is 1190. The molecule has 0 spiro atoms. The van der Waals surface area contributed by atoms with Crippen molar-refractivity contribution in [2.45, 2.75) is 51.8 Å². The number of benzene rings is 2. The number of aliphatic carboxylic acids is 1. The standard InChI is InChI=1S/C26H28ClN3O5/c1-15-23(29-26(33)34-16(2)20-5-3-4-6-21(20)27)24(35-30-15)19-11-9-18(10-12-19)14-28-22(25(31)32)13-17-7-8-17/h3-6,9-12,16-17,22,28H,7-8,13-14H2,1-2H3,(H,29,33)(H,31,32)/t16?,22-/m1/s1. The number of carbonyl (C=O) groups excluding carboxylic acids is 1. The Morgan fingerprint density at radius 1 is 1.20 bits per heavy atom. The number of hydrogen-bond donors (Lipinski definition) is 3. The van der Waals surface area contributed by atoms with Gasteiger partial charge in [0.1, 0.15) is 23.5 Å². The quantitative estimate of drug-likeness (QED) is 0.317. The fourth-order valence-corrected chi connectivity index (χ4v) is 4.14. The third-order valence-corrected chi connectivity index (χ3v) is 6.39. The molecule has 3 N–H and O–H groups in total. The zero-order valence-electron chi connectivity index (χ0n) is 19.6. The fraction of sp³-hybridized carbons (Fsp3) is 0.346. The van der Waals surface area contributed by atoms with Crippen LogP contribution in [0.15, 0.2) is 53.1 Å². The SMILES string of the molecule is Cc1noc(-c2ccc(CN[C@H](CC3CC3)C(=O)O)cc2)c1NC(=O)OC(C)c1ccccc1Cl. The first-order valence-electron chi connectivity index (χ1n) is 11.6. The molecule has 0 saturated heterocycles. The number of carbonyl (C=O) groups is 2. The van der Waals surface area contributed by atoms with Gasteiger partial charge < -0.3 is 19.7 Å². The topological polar surface area (TPSA) is 114 Å². The molecule has 4 rings (SSSR count). The summed E-state index contributed by atoms with van der Waals surface area (Å²) in [6.07, 6.45) is 1.68. The number of anilines is 1. The number of aryl methyl sites for hydroxylation is 1. The summed E-state index contributed by atoms with van der Waals surface area (Å²) in [4.78, 5) is 24.1. The third kappa shape index (κ3) is 6.41. The lowest BCUT2D eigenvalue weighted by Gasteiger charge is -2.15. The second kappa shape index (κ2) is 10.9. The van der Waals surface area contributed by atoms with Gasteiger partial charge in [-0.25, -0.2) is 4.79 Å². The highest BCUT2D eigenvalue weighted by Crippen LogP contribution is 2.34. The molecule has 1 amide bonds. The molecule has 1 aliphatic carbocycles. The number of halogens is 1. The molecule has 1 fully saturated rings. The van der Waals surface area contributed by atoms with Gasteiger partial charge in [0.25, 0.3) is 0 Å². The molecule has 9 heteroatoms. The van der Waals surface area contributed by atoms with Crippen LogP contribution in [0.1, 0.15) is 49.1 Å². The summed E-state index contributed by atoms with van der Waals surface area (Å²) in [5, 5.41) is 19.8. The Balaban J connectivity index is 1.39. The highest BCUT2D eigenvalue weighted by Gasteiger charge is 2.29. The highest BCUT2D eigenvalue weighted by molar-refractivity contribution is 6.31. The maximum atomic E-state index is 12.6. The number of aromatic nitrogens is 1. The number of nitrogens with one attached hydrogen (secondary N) is 2. The second-order valence-corrected chi connectivity index (χ2v) is 9.22. The highest BCUT2D eigenvalue weighted by atomic mass is 35.5. The second-order valence-electron chi connectivity index (χ2n) is 8.81. The van der Waals surface area contributed by atoms with Gasteiger partial charge in [-0.1, -0.05) is 72.1 Å². The monoisotopic (exact) mass is 497 g/mol. The van der Waals surface area contributed by atoms with Crippen molar-refractivity contribution in [3.05, 3.63) is 70.4 Å². The van der Waals surface area contributed by atoms with Crippen molar-refractivity contribution in [3.63, 3.8) is 0 Å². The minimum Gasteiger partial charge on any atom is -0.480 e. The summed E-state index contributed by atoms with van der Waals surface area (Å²) < 4.78 is 11.0. The molecule has 1 aliphatic rings. The van der Waals surface area contributed by atoms with Gasteiger partial charge in [0.2, 0.25) is 0 Å². The summed E-state index contributed by atoms with van der Waals surface area (Å²) in [6.45, 7) is 3.91. The molecular weight excluding hydrogens is 470 g/mol. The summed E-state index contributed by atoms with van der Waals surface area (Å²) in [6, 6.07) is 14.1. The average Bonchev–Trinajstić information content (AvgIpc) is 3.59. The van der Waals surface area contributed by atoms with Crippen molar-refractivity contribution >= 4 is 29.4 Å². The average molecular weight is 498 g/mol. The Kier molecular flexibility index (Phi) is 7.73. The molecule has 0 aliphatic heterocycles. The number of carboxylic acid groups (broad SMARTS) is 1. The number of ether oxygens (including phenoxy) is 1. The number of nitrogens with zero attached hydrogens (tertiary/aromatic N) is 1. The Morgan fingerprint density at radius 2 is 1.91 bits per heavy atom. The third-order valence-electron chi connectivity index (χ3n) is 6.05. The van der Waals surface area contributed by atoms with Crippen molar-refractivity contribution in [2.24, 2.45) is 5.92 Å². The summed E-state index contributed by atoms with van der Waals surface area (Å²) >= 11 is 6.20. The van der Waals surface area contributed by atoms with Crippen molar-refractivity contribution in [1.29, 1.82) is 0 Å². The minimum atomic E-state index is -0.822. The van der Waals surface area contributed by atoms with E-state index in [1.165, 1.54) is 0 Å². The first-order valence-corrected chi connectivity index (χ1v) is 11.9. The largest absolute Gasteiger partial charge is 0.480 e. The van der Waals surface area contributed by atoms with E-state index in [9.17, 15) is 14.7 Å². The molecule has 1 aromatic heterocycles. The van der Waals surface area contributed by atoms with Crippen molar-refractivity contribution in [2.75, 3.05) is 5.32 Å². The summed E-state index contributed by atoms with van der Waals surface area (Å²) in [5.74, 6) is 0.101. The Morgan fingerprint density at radius 3 is 2.57 bits per heavy atom. The van der Waals surface area contributed by atoms with E-state index in [4.69, 9.17) is 20.9 Å². The maximum absolute atomic E-state index is 12.6. The molecule has 1 saturated carbocycles. The molecule has 2 atom stereocenters. The maximum Gasteiger partial charge on any atom is 0.412 e. The normalized spacial score (nSPS) is 14.8. The lowest BCUT2D eigenvalue weighted by atomic mass is 10.1. The predicted octanol–water partition coefficient (Wildman–Crippen LogP) is 5.96. The van der Waals surface area contributed by atoms with Crippen molar-refractivity contribution < 1.29 is 24.0 Å². The Hall–Kier alpha value is -3.36. The summed E-state index contributed by atoms with van der Waals surface area (Å²) in [7, 11) is 0. The van der Waals surface area contributed by atoms with Gasteiger partial charge in [0, 0.05) is 22.7 Å². The van der Waals surface area contributed by atoms with Crippen LogP contribution in [-0.2, 0) is 16.1 Å². The molecule has 0 bridgehead atoms. The molecule has 3 aromatic rings. The first kappa shape index (κ1) is 24.8. The van der Waals surface area contributed by atoms with E-state index >= 15 is 0 Å². The van der Waals surface area contributed by atoms with E-state index in [0.717, 1.165) is 24.0 Å². The Labute approximate surface area is 208 Å². The number of rotatable bonds is 10. The van der Waals surface area contributed by atoms with Gasteiger partial charge in [-0.15, -0.1) is 0 Å². The van der Waals surface area contributed by atoms with E-state index in [1.54, 1.807) is 26.0 Å². The van der Waals surface area contributed by atoms with Crippen LogP contribution in [0, 0.1) is 12.8 Å². The van der Waals surface area contributed by atoms with Crippen molar-refractivity contribution in [1.82, 2.24) is 10.5 Å². The molecular formula is C26H28ClN3O5. The first-order chi connectivity index (χ1) is 16.8. The van der Waals surface area contributed by atoms with Gasteiger partial charge in [-0.05, 0) is 37.8 Å². The molecule has 184 valence electrons. The lowest BCUT2D eigenvalue weighted by molar-refractivity contribution is -0.139. The van der Waals surface area contributed by atoms with Crippen LogP contribution >= 0.6 is 11.6 Å². The van der Waals surface area contributed by atoms with Gasteiger partial charge >= 0.3 is 12.1 Å². The van der Waals surface area contributed by atoms with Gasteiger partial charge in [0.05, 0.1) is 0 Å². The van der Waals surface area contributed by atoms with Gasteiger partial charge in [0.15, 0.2) is 5.76 Å². The number of carboxylic acids is 1. The van der Waals surface area contributed by atoms with Crippen LogP contribution < -0.4 is 10.6 Å². The molecule has 8 nitrogen and oxygen atoms in total. The molecule has 1 unspecified atom stereocenters. The lowest BCUT2D eigenvalue weighted by Crippen LogP contribution is -2.36. The van der Waals surface area contributed by atoms with Crippen LogP contribution in [0.25, 0.3) is 11.3 Å². The molecule has 2 aromatic carbocycles. The van der Waals surface area contributed by atoms with Crippen LogP contribution in [0.4, 0.5) is 10.5 Å². The molecule has 1 heterocycles. The molecule has 35 heavy (non-hydrogen) atoms. The predicted molar refractivity (Wildman–Crippen MR) is 132 cm³/mol. The smallest absolute Gasteiger partial charge is 0.412 e. The van der Waals surface area contributed by atoms with E-state index in [-0.39, 0.29) is 0 Å². The van der Waals surface area contributed by atoms with Gasteiger partial charge in [-0.2, -0.15) is 0 Å². The summed E-state index contributed by atoms with van der Waals surface area (Å²) in [5.41, 5.74) is 3.30. The van der Waals surface area contributed by atoms with E-state index in [0.29, 0.717) is 46.6 Å². The fourth-order valence-electron chi connectivity index (χ4n) is 3.85. The zero-order chi connectivity index (χ0) is 24.9. The van der Waals surface area contributed by atoms with Crippen LogP contribution in [0.3, 0.4) is 0 Å². The molecule has 0 radical (unpaired) electrons. The van der Waals surface area contributed by atoms with E-state index in [1.807, 2.05) is 36.4 Å².